The molecule has 2 N–H and O–H groups in total. The molecule has 6 rings (SSSR count). The van der Waals surface area contributed by atoms with E-state index >= 15 is 0 Å². The summed E-state index contributed by atoms with van der Waals surface area (Å²) in [7, 11) is -4.18. The number of sulfonamides is 1. The summed E-state index contributed by atoms with van der Waals surface area (Å²) in [5.74, 6) is 0.515. The van der Waals surface area contributed by atoms with Gasteiger partial charge in [-0.15, -0.1) is 11.3 Å². The van der Waals surface area contributed by atoms with Gasteiger partial charge in [0.05, 0.1) is 18.8 Å². The van der Waals surface area contributed by atoms with Gasteiger partial charge in [0.2, 0.25) is 0 Å². The molecular formula is C25H29N4NaO4S2. The molecule has 0 spiro atoms. The molecule has 0 saturated carbocycles. The Morgan fingerprint density at radius 3 is 2.42 bits per heavy atom. The van der Waals surface area contributed by atoms with Crippen molar-refractivity contribution < 1.29 is 17.9 Å². The van der Waals surface area contributed by atoms with E-state index in [-0.39, 0.29) is 39.3 Å². The summed E-state index contributed by atoms with van der Waals surface area (Å²) >= 11 is 1.11. The molecule has 3 heterocycles. The summed E-state index contributed by atoms with van der Waals surface area (Å²) in [4.78, 5) is 16.1. The number of urea groups is 1. The molecular weight excluding hydrogens is 507 g/mol. The Labute approximate surface area is 237 Å². The van der Waals surface area contributed by atoms with Gasteiger partial charge < -0.3 is 10.1 Å². The average Bonchev–Trinajstić information content (AvgIpc) is 3.53. The van der Waals surface area contributed by atoms with E-state index in [2.05, 4.69) is 27.1 Å². The fourth-order valence-electron chi connectivity index (χ4n) is 5.92. The van der Waals surface area contributed by atoms with Crippen LogP contribution < -0.4 is 10.0 Å². The predicted octanol–water partition coefficient (Wildman–Crippen LogP) is 2.46. The summed E-state index contributed by atoms with van der Waals surface area (Å²) < 4.78 is 33.9. The van der Waals surface area contributed by atoms with Gasteiger partial charge >= 0.3 is 35.6 Å². The first-order chi connectivity index (χ1) is 16.9. The van der Waals surface area contributed by atoms with E-state index in [0.717, 1.165) is 103 Å². The van der Waals surface area contributed by atoms with Gasteiger partial charge in [0.1, 0.15) is 6.07 Å². The molecule has 1 fully saturated rings. The van der Waals surface area contributed by atoms with Crippen LogP contribution in [0.4, 0.5) is 10.5 Å². The number of fused-ring (bicyclic) bond motifs is 3. The molecule has 2 aliphatic heterocycles. The number of ether oxygens (including phenoxy) is 1. The third-order valence-corrected chi connectivity index (χ3v) is 10.7. The van der Waals surface area contributed by atoms with E-state index < -0.39 is 16.1 Å². The standard InChI is InChI=1S/C25H28N4O4S2.Na.H/c26-10-21-20-7-8-29(11-15-13-33-14-15)12-22(20)34-24(21)35(31,32)28-25(30)27-23-18-5-1-3-16(18)9-17-4-2-6-19(17)23;;/h9,15H,1-8,11-14H2,(H2,27,28,30);;. The van der Waals surface area contributed by atoms with Crippen LogP contribution in [0.5, 0.6) is 0 Å². The SMILES string of the molecule is N#Cc1c(S(=O)(=O)NC(=O)Nc2c3c(cc4c2CCC4)CCC3)sc2c1CCN(CC1COC1)C2.[NaH]. The Bertz CT molecular complexity index is 1330. The quantitative estimate of drug-likeness (QED) is 0.568. The first-order valence-electron chi connectivity index (χ1n) is 12.3. The number of anilines is 1. The number of nitriles is 1. The van der Waals surface area contributed by atoms with Gasteiger partial charge in [-0.3, -0.25) is 4.90 Å². The second kappa shape index (κ2) is 10.4. The number of nitrogens with zero attached hydrogens (tertiary/aromatic N) is 2. The maximum absolute atomic E-state index is 13.3. The van der Waals surface area contributed by atoms with E-state index in [4.69, 9.17) is 4.74 Å². The van der Waals surface area contributed by atoms with Gasteiger partial charge in [0.25, 0.3) is 10.0 Å². The van der Waals surface area contributed by atoms with Crippen LogP contribution in [0.1, 0.15) is 51.1 Å². The Hall–Kier alpha value is -1.45. The predicted molar refractivity (Wildman–Crippen MR) is 139 cm³/mol. The van der Waals surface area contributed by atoms with Crippen molar-refractivity contribution in [3.63, 3.8) is 0 Å². The summed E-state index contributed by atoms with van der Waals surface area (Å²) in [6.45, 7) is 3.85. The number of aryl methyl sites for hydroxylation is 2. The Morgan fingerprint density at radius 1 is 1.11 bits per heavy atom. The number of rotatable bonds is 5. The Morgan fingerprint density at radius 2 is 1.81 bits per heavy atom. The molecule has 11 heteroatoms. The van der Waals surface area contributed by atoms with Crippen molar-refractivity contribution in [3.05, 3.63) is 44.3 Å². The zero-order valence-corrected chi connectivity index (χ0v) is 21.1. The van der Waals surface area contributed by atoms with Crippen molar-refractivity contribution in [3.8, 4) is 6.07 Å². The zero-order chi connectivity index (χ0) is 24.2. The molecule has 2 aromatic rings. The maximum atomic E-state index is 13.3. The number of hydrogen-bond acceptors (Lipinski definition) is 7. The fourth-order valence-corrected chi connectivity index (χ4v) is 8.68. The number of thiophene rings is 1. The summed E-state index contributed by atoms with van der Waals surface area (Å²) in [5.41, 5.74) is 6.58. The number of hydrogen-bond donors (Lipinski definition) is 2. The van der Waals surface area contributed by atoms with Gasteiger partial charge in [-0.25, -0.2) is 17.9 Å². The van der Waals surface area contributed by atoms with Crippen LogP contribution in [0.15, 0.2) is 10.3 Å². The second-order valence-electron chi connectivity index (χ2n) is 9.96. The molecule has 186 valence electrons. The Balaban J connectivity index is 0.00000267. The monoisotopic (exact) mass is 536 g/mol. The molecule has 0 bridgehead atoms. The van der Waals surface area contributed by atoms with Gasteiger partial charge in [-0.2, -0.15) is 5.26 Å². The van der Waals surface area contributed by atoms with E-state index in [1.807, 2.05) is 0 Å². The second-order valence-corrected chi connectivity index (χ2v) is 12.9. The first-order valence-corrected chi connectivity index (χ1v) is 14.6. The minimum atomic E-state index is -4.18. The van der Waals surface area contributed by atoms with Crippen molar-refractivity contribution in [2.75, 3.05) is 31.6 Å². The topological polar surface area (TPSA) is 112 Å². The third kappa shape index (κ3) is 4.75. The van der Waals surface area contributed by atoms with Crippen LogP contribution in [-0.2, 0) is 53.4 Å². The van der Waals surface area contributed by atoms with Crippen LogP contribution in [0.2, 0.25) is 0 Å². The Kier molecular flexibility index (Phi) is 7.54. The molecule has 0 radical (unpaired) electrons. The van der Waals surface area contributed by atoms with E-state index in [1.54, 1.807) is 0 Å². The van der Waals surface area contributed by atoms with Crippen molar-refractivity contribution >= 4 is 62.6 Å². The zero-order valence-electron chi connectivity index (χ0n) is 19.5. The molecule has 8 nitrogen and oxygen atoms in total. The molecule has 1 saturated heterocycles. The van der Waals surface area contributed by atoms with Gasteiger partial charge in [0.15, 0.2) is 4.21 Å². The van der Waals surface area contributed by atoms with E-state index in [0.29, 0.717) is 18.9 Å². The summed E-state index contributed by atoms with van der Waals surface area (Å²) in [5, 5.41) is 12.7. The molecule has 36 heavy (non-hydrogen) atoms. The normalized spacial score (nSPS) is 18.9. The van der Waals surface area contributed by atoms with E-state index in [1.165, 1.54) is 11.1 Å². The number of amides is 2. The molecule has 1 aromatic carbocycles. The van der Waals surface area contributed by atoms with Gasteiger partial charge in [-0.1, -0.05) is 6.07 Å². The molecule has 2 aliphatic carbocycles. The summed E-state index contributed by atoms with van der Waals surface area (Å²) in [6, 6.07) is 3.60. The van der Waals surface area contributed by atoms with Crippen molar-refractivity contribution in [1.82, 2.24) is 9.62 Å². The average molecular weight is 537 g/mol. The van der Waals surface area contributed by atoms with E-state index in [9.17, 15) is 18.5 Å². The van der Waals surface area contributed by atoms with Crippen LogP contribution in [0.25, 0.3) is 0 Å². The first kappa shape index (κ1) is 26.2. The molecule has 0 unspecified atom stereocenters. The van der Waals surface area contributed by atoms with Crippen LogP contribution >= 0.6 is 11.3 Å². The molecule has 1 aromatic heterocycles. The van der Waals surface area contributed by atoms with Crippen molar-refractivity contribution in [2.24, 2.45) is 5.92 Å². The van der Waals surface area contributed by atoms with Gasteiger partial charge in [0, 0.05) is 36.1 Å². The number of nitrogens with one attached hydrogen (secondary N) is 2. The van der Waals surface area contributed by atoms with Crippen molar-refractivity contribution in [1.29, 1.82) is 5.26 Å². The molecule has 0 atom stereocenters. The minimum absolute atomic E-state index is 0. The van der Waals surface area contributed by atoms with Crippen molar-refractivity contribution in [2.45, 2.75) is 55.7 Å². The number of carbonyl (C=O) groups is 1. The molecule has 2 amide bonds. The van der Waals surface area contributed by atoms with Crippen LogP contribution in [-0.4, -0.2) is 75.2 Å². The van der Waals surface area contributed by atoms with Gasteiger partial charge in [-0.05, 0) is 72.8 Å². The number of carbonyl (C=O) groups excluding carboxylic acids is 1. The fraction of sp³-hybridized carbons (Fsp3) is 0.520. The van der Waals surface area contributed by atoms with Crippen LogP contribution in [0.3, 0.4) is 0 Å². The molecule has 4 aliphatic rings. The number of benzene rings is 1. The van der Waals surface area contributed by atoms with Crippen LogP contribution in [0, 0.1) is 17.2 Å². The third-order valence-electron chi connectivity index (χ3n) is 7.62. The summed E-state index contributed by atoms with van der Waals surface area (Å²) in [6.07, 6.45) is 6.50.